The zero-order chi connectivity index (χ0) is 34.8. The molecule has 3 aromatic heterocycles. The number of amides is 1. The Morgan fingerprint density at radius 2 is 1.82 bits per heavy atom. The molecule has 0 radical (unpaired) electrons. The summed E-state index contributed by atoms with van der Waals surface area (Å²) in [6, 6.07) is 16.2. The summed E-state index contributed by atoms with van der Waals surface area (Å²) in [4.78, 5) is 32.5. The number of piperazine rings is 1. The molecule has 4 aliphatic carbocycles. The van der Waals surface area contributed by atoms with Crippen LogP contribution in [0.15, 0.2) is 54.7 Å². The van der Waals surface area contributed by atoms with E-state index in [1.165, 1.54) is 6.42 Å². The molecule has 5 aliphatic rings. The summed E-state index contributed by atoms with van der Waals surface area (Å²) in [5, 5.41) is 20.3. The first kappa shape index (κ1) is 32.3. The van der Waals surface area contributed by atoms with Gasteiger partial charge in [-0.15, -0.1) is 4.52 Å². The van der Waals surface area contributed by atoms with Gasteiger partial charge in [0, 0.05) is 50.2 Å². The number of anilines is 4. The normalized spacial score (nSPS) is 28.5. The van der Waals surface area contributed by atoms with E-state index in [9.17, 15) is 9.90 Å². The van der Waals surface area contributed by atoms with Gasteiger partial charge in [-0.3, -0.25) is 4.79 Å². The second kappa shape index (κ2) is 12.2. The number of ether oxygens (including phenoxy) is 1. The van der Waals surface area contributed by atoms with Crippen molar-refractivity contribution in [2.75, 3.05) is 35.3 Å². The number of rotatable bonds is 8. The maximum atomic E-state index is 12.4. The van der Waals surface area contributed by atoms with Crippen LogP contribution < -0.4 is 19.9 Å². The van der Waals surface area contributed by atoms with E-state index in [0.29, 0.717) is 55.2 Å². The number of aliphatic hydroxyl groups is 1. The van der Waals surface area contributed by atoms with Crippen molar-refractivity contribution in [2.24, 2.45) is 11.8 Å². The van der Waals surface area contributed by atoms with Gasteiger partial charge in [0.1, 0.15) is 23.1 Å². The summed E-state index contributed by atoms with van der Waals surface area (Å²) < 4.78 is 7.08. The average molecular weight is 676 g/mol. The second-order valence-electron chi connectivity index (χ2n) is 15.3. The Hall–Kier alpha value is -4.89. The molecule has 5 fully saturated rings. The molecule has 9 rings (SSSR count). The van der Waals surface area contributed by atoms with Crippen LogP contribution in [0.25, 0.3) is 10.5 Å². The summed E-state index contributed by atoms with van der Waals surface area (Å²) in [5.41, 5.74) is 1.49. The van der Waals surface area contributed by atoms with Crippen LogP contribution >= 0.6 is 0 Å². The number of carbonyl (C=O) groups excluding carboxylic acids is 1. The SMILES string of the molecule is [C-]#[N+]c1cnc2c(N(Cc3ccc(OC)cc3)c3cccc(N4C[C@@H](C)N(C(C)=O)[C@@H](C)C4)n3)cc(NC34CC5CC(CC(O)(C5)C3)C4)nn12. The van der Waals surface area contributed by atoms with E-state index < -0.39 is 5.60 Å². The topological polar surface area (TPSA) is 116 Å². The molecule has 1 aromatic carbocycles. The molecule has 4 bridgehead atoms. The number of hydrogen-bond donors (Lipinski definition) is 2. The van der Waals surface area contributed by atoms with E-state index >= 15 is 0 Å². The molecular weight excluding hydrogens is 630 g/mol. The molecule has 4 saturated carbocycles. The van der Waals surface area contributed by atoms with Crippen LogP contribution in [0.1, 0.15) is 64.9 Å². The zero-order valence-electron chi connectivity index (χ0n) is 29.2. The van der Waals surface area contributed by atoms with Crippen LogP contribution in [-0.4, -0.2) is 78.9 Å². The number of nitrogens with zero attached hydrogens (tertiary/aromatic N) is 8. The lowest BCUT2D eigenvalue weighted by Crippen LogP contribution is -2.62. The first-order chi connectivity index (χ1) is 24.0. The summed E-state index contributed by atoms with van der Waals surface area (Å²) in [6.45, 7) is 15.5. The predicted molar refractivity (Wildman–Crippen MR) is 192 cm³/mol. The van der Waals surface area contributed by atoms with Gasteiger partial charge in [-0.2, -0.15) is 0 Å². The molecule has 4 aromatic rings. The van der Waals surface area contributed by atoms with Crippen LogP contribution in [-0.2, 0) is 11.3 Å². The van der Waals surface area contributed by atoms with Crippen molar-refractivity contribution in [3.8, 4) is 5.75 Å². The third kappa shape index (κ3) is 5.77. The fraction of sp³-hybridized carbons (Fsp3) is 0.500. The quantitative estimate of drug-likeness (QED) is 0.218. The van der Waals surface area contributed by atoms with Crippen molar-refractivity contribution in [1.29, 1.82) is 0 Å². The molecule has 260 valence electrons. The third-order valence-corrected chi connectivity index (χ3v) is 11.4. The number of pyridine rings is 1. The van der Waals surface area contributed by atoms with Crippen LogP contribution in [0.2, 0.25) is 0 Å². The van der Waals surface area contributed by atoms with Gasteiger partial charge in [-0.1, -0.05) is 29.9 Å². The van der Waals surface area contributed by atoms with Crippen molar-refractivity contribution in [3.63, 3.8) is 0 Å². The Balaban J connectivity index is 1.21. The van der Waals surface area contributed by atoms with Crippen molar-refractivity contribution in [3.05, 3.63) is 71.7 Å². The summed E-state index contributed by atoms with van der Waals surface area (Å²) in [6.07, 6.45) is 7.24. The van der Waals surface area contributed by atoms with E-state index in [1.807, 2.05) is 53.4 Å². The lowest BCUT2D eigenvalue weighted by molar-refractivity contribution is -0.133. The Morgan fingerprint density at radius 3 is 2.46 bits per heavy atom. The predicted octanol–water partition coefficient (Wildman–Crippen LogP) is 5.96. The van der Waals surface area contributed by atoms with Gasteiger partial charge in [0.15, 0.2) is 5.82 Å². The molecule has 2 unspecified atom stereocenters. The number of methoxy groups -OCH3 is 1. The van der Waals surface area contributed by atoms with Gasteiger partial charge in [-0.25, -0.2) is 9.97 Å². The summed E-state index contributed by atoms with van der Waals surface area (Å²) >= 11 is 0. The molecule has 12 nitrogen and oxygen atoms in total. The number of benzene rings is 1. The minimum absolute atomic E-state index is 0.0465. The molecule has 1 amide bonds. The van der Waals surface area contributed by atoms with Crippen LogP contribution in [0.5, 0.6) is 5.75 Å². The highest BCUT2D eigenvalue weighted by Gasteiger charge is 2.57. The fourth-order valence-corrected chi connectivity index (χ4v) is 9.98. The van der Waals surface area contributed by atoms with Gasteiger partial charge < -0.3 is 34.7 Å². The Morgan fingerprint density at radius 1 is 1.10 bits per heavy atom. The largest absolute Gasteiger partial charge is 0.497 e. The summed E-state index contributed by atoms with van der Waals surface area (Å²) in [7, 11) is 1.66. The maximum Gasteiger partial charge on any atom is 0.275 e. The molecule has 4 atom stereocenters. The smallest absolute Gasteiger partial charge is 0.275 e. The number of nitrogens with one attached hydrogen (secondary N) is 1. The Kier molecular flexibility index (Phi) is 7.86. The zero-order valence-corrected chi connectivity index (χ0v) is 29.2. The van der Waals surface area contributed by atoms with Crippen molar-refractivity contribution < 1.29 is 14.6 Å². The van der Waals surface area contributed by atoms with Crippen molar-refractivity contribution >= 4 is 40.5 Å². The second-order valence-corrected chi connectivity index (χ2v) is 15.3. The Labute approximate surface area is 292 Å². The van der Waals surface area contributed by atoms with Gasteiger partial charge >= 0.3 is 0 Å². The van der Waals surface area contributed by atoms with E-state index in [-0.39, 0.29) is 23.5 Å². The molecule has 0 spiro atoms. The third-order valence-electron chi connectivity index (χ3n) is 11.4. The highest BCUT2D eigenvalue weighted by molar-refractivity contribution is 5.79. The molecule has 50 heavy (non-hydrogen) atoms. The number of hydrogen-bond acceptors (Lipinski definition) is 9. The van der Waals surface area contributed by atoms with Crippen LogP contribution in [0.4, 0.5) is 29.0 Å². The van der Waals surface area contributed by atoms with Gasteiger partial charge in [-0.05, 0) is 94.0 Å². The first-order valence-corrected chi connectivity index (χ1v) is 17.7. The molecule has 2 N–H and O–H groups in total. The fourth-order valence-electron chi connectivity index (χ4n) is 9.98. The molecular formula is C38H45N9O3. The average Bonchev–Trinajstić information content (AvgIpc) is 3.48. The van der Waals surface area contributed by atoms with Gasteiger partial charge in [0.2, 0.25) is 5.91 Å². The van der Waals surface area contributed by atoms with E-state index in [4.69, 9.17) is 26.4 Å². The van der Waals surface area contributed by atoms with E-state index in [0.717, 1.165) is 54.3 Å². The van der Waals surface area contributed by atoms with Crippen LogP contribution in [0.3, 0.4) is 0 Å². The Bertz CT molecular complexity index is 1940. The lowest BCUT2D eigenvalue weighted by atomic mass is 9.51. The first-order valence-electron chi connectivity index (χ1n) is 17.7. The monoisotopic (exact) mass is 675 g/mol. The minimum atomic E-state index is -0.629. The number of carbonyl (C=O) groups is 1. The number of aromatic nitrogens is 4. The van der Waals surface area contributed by atoms with Crippen molar-refractivity contribution in [1.82, 2.24) is 24.5 Å². The van der Waals surface area contributed by atoms with Crippen LogP contribution in [0, 0.1) is 18.4 Å². The minimum Gasteiger partial charge on any atom is -0.497 e. The van der Waals surface area contributed by atoms with Gasteiger partial charge in [0.25, 0.3) is 11.5 Å². The molecule has 1 saturated heterocycles. The van der Waals surface area contributed by atoms with Gasteiger partial charge in [0.05, 0.1) is 18.9 Å². The standard InChI is InChI=1S/C38H45N9O3/c1-24-20-44(21-25(2)46(24)26(3)48)33-7-6-8-34(41-33)45(22-27-9-11-30(50-5)12-10-27)31-14-32(43-47-35(39-4)19-40-36(31)47)42-37-15-28-13-29(16-37)18-38(49,17-28)23-37/h6-12,14,19,24-25,28-29,49H,13,15-18,20-23H2,1-3,5H3,(H,42,43)/t24-,25+,28?,29?,37?,38?. The number of fused-ring (bicyclic) bond motifs is 1. The summed E-state index contributed by atoms with van der Waals surface area (Å²) in [5.74, 6) is 4.41. The lowest BCUT2D eigenvalue weighted by Gasteiger charge is -2.60. The molecule has 4 heterocycles. The van der Waals surface area contributed by atoms with Crippen molar-refractivity contribution in [2.45, 2.75) is 89.1 Å². The number of imidazole rings is 1. The highest BCUT2D eigenvalue weighted by Crippen LogP contribution is 2.58. The maximum absolute atomic E-state index is 12.4. The van der Waals surface area contributed by atoms with E-state index in [1.54, 1.807) is 24.7 Å². The highest BCUT2D eigenvalue weighted by atomic mass is 16.5. The molecule has 1 aliphatic heterocycles. The van der Waals surface area contributed by atoms with E-state index in [2.05, 4.69) is 33.8 Å². The molecule has 12 heteroatoms.